The number of benzene rings is 1. The number of carbonyl (C=O) groups is 3. The van der Waals surface area contributed by atoms with Gasteiger partial charge in [0.05, 0.1) is 23.8 Å². The Morgan fingerprint density at radius 3 is 2.60 bits per heavy atom. The summed E-state index contributed by atoms with van der Waals surface area (Å²) < 4.78 is 16.8. The molecule has 0 radical (unpaired) electrons. The van der Waals surface area contributed by atoms with Gasteiger partial charge >= 0.3 is 12.2 Å². The van der Waals surface area contributed by atoms with E-state index in [4.69, 9.17) is 25.8 Å². The molecule has 43 heavy (non-hydrogen) atoms. The number of fused-ring (bicyclic) bond motifs is 1. The van der Waals surface area contributed by atoms with Crippen LogP contribution < -0.4 is 9.64 Å². The molecule has 0 bridgehead atoms. The van der Waals surface area contributed by atoms with Crippen LogP contribution in [0.3, 0.4) is 0 Å². The van der Waals surface area contributed by atoms with Gasteiger partial charge in [-0.25, -0.2) is 14.6 Å². The lowest BCUT2D eigenvalue weighted by Gasteiger charge is -2.46. The maximum atomic E-state index is 14.0. The van der Waals surface area contributed by atoms with Crippen LogP contribution in [0.5, 0.6) is 11.6 Å². The van der Waals surface area contributed by atoms with Gasteiger partial charge in [0, 0.05) is 61.5 Å². The maximum absolute atomic E-state index is 14.0. The van der Waals surface area contributed by atoms with Crippen molar-refractivity contribution >= 4 is 35.4 Å². The first-order chi connectivity index (χ1) is 20.2. The van der Waals surface area contributed by atoms with Crippen LogP contribution in [0.1, 0.15) is 47.1 Å². The molecule has 3 amide bonds. The number of aromatic nitrogens is 1. The second-order valence-electron chi connectivity index (χ2n) is 13.1. The van der Waals surface area contributed by atoms with Crippen molar-refractivity contribution in [3.63, 3.8) is 0 Å². The van der Waals surface area contributed by atoms with Crippen LogP contribution in [0.25, 0.3) is 0 Å². The summed E-state index contributed by atoms with van der Waals surface area (Å²) >= 11 is 6.29. The SMILES string of the molecule is C[C@@H]1CN(CC(=O)N2CC(C)(C)c3cnc(Oc4ccccc4Cl)cc32)[C@@H](CN2CCOC2=O)CN1C(=O)OC(C)(C)C. The molecule has 0 spiro atoms. The van der Waals surface area contributed by atoms with E-state index in [0.29, 0.717) is 56.0 Å². The van der Waals surface area contributed by atoms with Gasteiger partial charge in [-0.05, 0) is 39.8 Å². The molecule has 3 aliphatic heterocycles. The number of amides is 3. The highest BCUT2D eigenvalue weighted by atomic mass is 35.5. The van der Waals surface area contributed by atoms with E-state index in [1.807, 2.05) is 39.8 Å². The Morgan fingerprint density at radius 1 is 1.19 bits per heavy atom. The van der Waals surface area contributed by atoms with Crippen molar-refractivity contribution in [1.29, 1.82) is 0 Å². The van der Waals surface area contributed by atoms with E-state index in [2.05, 4.69) is 23.7 Å². The van der Waals surface area contributed by atoms with Gasteiger partial charge in [0.15, 0.2) is 0 Å². The number of pyridine rings is 1. The highest BCUT2D eigenvalue weighted by Gasteiger charge is 2.42. The minimum absolute atomic E-state index is 0.0892. The summed E-state index contributed by atoms with van der Waals surface area (Å²) in [5.74, 6) is 0.730. The van der Waals surface area contributed by atoms with Crippen molar-refractivity contribution in [2.24, 2.45) is 0 Å². The Bertz CT molecular complexity index is 1390. The lowest BCUT2D eigenvalue weighted by molar-refractivity contribution is -0.121. The molecule has 4 heterocycles. The van der Waals surface area contributed by atoms with Gasteiger partial charge in [0.2, 0.25) is 11.8 Å². The molecule has 0 saturated carbocycles. The highest BCUT2D eigenvalue weighted by molar-refractivity contribution is 6.32. The monoisotopic (exact) mass is 613 g/mol. The molecule has 1 aromatic carbocycles. The van der Waals surface area contributed by atoms with Crippen molar-refractivity contribution in [3.8, 4) is 11.6 Å². The average Bonchev–Trinajstić information content (AvgIpc) is 3.44. The van der Waals surface area contributed by atoms with Crippen molar-refractivity contribution in [1.82, 2.24) is 19.7 Å². The second-order valence-corrected chi connectivity index (χ2v) is 13.5. The van der Waals surface area contributed by atoms with E-state index in [0.717, 1.165) is 11.3 Å². The number of rotatable bonds is 6. The van der Waals surface area contributed by atoms with E-state index >= 15 is 0 Å². The average molecular weight is 614 g/mol. The summed E-state index contributed by atoms with van der Waals surface area (Å²) in [5, 5.41) is 0.464. The molecule has 0 aliphatic carbocycles. The minimum Gasteiger partial charge on any atom is -0.448 e. The zero-order valence-corrected chi connectivity index (χ0v) is 26.4. The fraction of sp³-hybridized carbons (Fsp3) is 0.548. The van der Waals surface area contributed by atoms with Gasteiger partial charge in [-0.15, -0.1) is 0 Å². The summed E-state index contributed by atoms with van der Waals surface area (Å²) in [4.78, 5) is 51.1. The largest absolute Gasteiger partial charge is 0.448 e. The van der Waals surface area contributed by atoms with Gasteiger partial charge in [0.1, 0.15) is 18.0 Å². The Morgan fingerprint density at radius 2 is 1.93 bits per heavy atom. The van der Waals surface area contributed by atoms with Crippen LogP contribution in [-0.2, 0) is 19.7 Å². The first-order valence-electron chi connectivity index (χ1n) is 14.6. The Kier molecular flexibility index (Phi) is 8.50. The van der Waals surface area contributed by atoms with Crippen molar-refractivity contribution in [2.45, 2.75) is 64.6 Å². The molecule has 0 N–H and O–H groups in total. The van der Waals surface area contributed by atoms with Crippen LogP contribution in [0.15, 0.2) is 36.5 Å². The van der Waals surface area contributed by atoms with Crippen LogP contribution in [-0.4, -0.2) is 101 Å². The number of hydrogen-bond donors (Lipinski definition) is 0. The molecule has 1 aromatic heterocycles. The fourth-order valence-electron chi connectivity index (χ4n) is 5.81. The predicted molar refractivity (Wildman–Crippen MR) is 162 cm³/mol. The standard InChI is InChI=1S/C31H40ClN5O6/c1-20-15-35(21(16-34-11-12-41-28(34)39)17-36(20)29(40)43-30(2,3)4)18-27(38)37-19-31(5,6)22-14-33-26(13-24(22)37)42-25-10-8-7-9-23(25)32/h7-10,13-14,20-21H,11-12,15-19H2,1-6H3/t20-,21+/m1/s1. The van der Waals surface area contributed by atoms with Crippen LogP contribution in [0.2, 0.25) is 5.02 Å². The van der Waals surface area contributed by atoms with Crippen molar-refractivity contribution in [2.75, 3.05) is 50.8 Å². The Hall–Kier alpha value is -3.57. The summed E-state index contributed by atoms with van der Waals surface area (Å²) in [5.41, 5.74) is 0.735. The molecule has 2 atom stereocenters. The number of carbonyl (C=O) groups excluding carboxylic acids is 3. The lowest BCUT2D eigenvalue weighted by Crippen LogP contribution is -2.63. The van der Waals surface area contributed by atoms with Crippen molar-refractivity contribution in [3.05, 3.63) is 47.1 Å². The second kappa shape index (κ2) is 11.8. The summed E-state index contributed by atoms with van der Waals surface area (Å²) in [7, 11) is 0. The van der Waals surface area contributed by atoms with E-state index in [9.17, 15) is 14.4 Å². The molecular weight excluding hydrogens is 574 g/mol. The van der Waals surface area contributed by atoms with E-state index < -0.39 is 11.7 Å². The third-order valence-corrected chi connectivity index (χ3v) is 8.29. The quantitative estimate of drug-likeness (QED) is 0.452. The number of nitrogens with zero attached hydrogens (tertiary/aromatic N) is 5. The molecule has 2 fully saturated rings. The van der Waals surface area contributed by atoms with Crippen molar-refractivity contribution < 1.29 is 28.6 Å². The summed E-state index contributed by atoms with van der Waals surface area (Å²) in [6.45, 7) is 14.1. The van der Waals surface area contributed by atoms with E-state index in [1.54, 1.807) is 39.1 Å². The molecule has 2 saturated heterocycles. The molecule has 12 heteroatoms. The number of halogens is 1. The predicted octanol–water partition coefficient (Wildman–Crippen LogP) is 4.91. The molecule has 5 rings (SSSR count). The van der Waals surface area contributed by atoms with Crippen LogP contribution >= 0.6 is 11.6 Å². The van der Waals surface area contributed by atoms with Gasteiger partial charge < -0.3 is 28.9 Å². The third kappa shape index (κ3) is 6.83. The van der Waals surface area contributed by atoms with Gasteiger partial charge in [-0.2, -0.15) is 0 Å². The highest BCUT2D eigenvalue weighted by Crippen LogP contribution is 2.42. The van der Waals surface area contributed by atoms with Gasteiger partial charge in [-0.1, -0.05) is 37.6 Å². The topological polar surface area (TPSA) is 105 Å². The van der Waals surface area contributed by atoms with Crippen LogP contribution in [0, 0.1) is 0 Å². The molecular formula is C31H40ClN5O6. The van der Waals surface area contributed by atoms with Gasteiger partial charge in [-0.3, -0.25) is 9.69 Å². The molecule has 2 aromatic rings. The zero-order valence-electron chi connectivity index (χ0n) is 25.6. The Balaban J connectivity index is 1.37. The summed E-state index contributed by atoms with van der Waals surface area (Å²) in [6, 6.07) is 8.45. The van der Waals surface area contributed by atoms with E-state index in [1.165, 1.54) is 0 Å². The van der Waals surface area contributed by atoms with E-state index in [-0.39, 0.29) is 36.0 Å². The van der Waals surface area contributed by atoms with Gasteiger partial charge in [0.25, 0.3) is 0 Å². The normalized spacial score (nSPS) is 21.9. The first-order valence-corrected chi connectivity index (χ1v) is 15.0. The smallest absolute Gasteiger partial charge is 0.410 e. The number of para-hydroxylation sites is 1. The molecule has 232 valence electrons. The number of piperazine rings is 1. The number of hydrogen-bond acceptors (Lipinski definition) is 8. The maximum Gasteiger partial charge on any atom is 0.410 e. The number of ether oxygens (including phenoxy) is 3. The molecule has 11 nitrogen and oxygen atoms in total. The summed E-state index contributed by atoms with van der Waals surface area (Å²) in [6.07, 6.45) is 0.967. The molecule has 3 aliphatic rings. The Labute approximate surface area is 257 Å². The number of cyclic esters (lactones) is 1. The zero-order chi connectivity index (χ0) is 31.1. The number of anilines is 1. The third-order valence-electron chi connectivity index (χ3n) is 7.98. The lowest BCUT2D eigenvalue weighted by atomic mass is 9.88. The minimum atomic E-state index is -0.641. The van der Waals surface area contributed by atoms with Crippen LogP contribution in [0.4, 0.5) is 15.3 Å². The fourth-order valence-corrected chi connectivity index (χ4v) is 5.99. The first kappa shape index (κ1) is 30.9. The molecule has 0 unspecified atom stereocenters.